The molecular weight excluding hydrogens is 247 g/mol. The Labute approximate surface area is 109 Å². The Kier molecular flexibility index (Phi) is 3.71. The van der Waals surface area contributed by atoms with Crippen molar-refractivity contribution in [3.8, 4) is 0 Å². The zero-order valence-corrected chi connectivity index (χ0v) is 9.97. The van der Waals surface area contributed by atoms with Crippen LogP contribution in [0.15, 0.2) is 48.5 Å². The summed E-state index contributed by atoms with van der Waals surface area (Å²) in [5, 5.41) is 8.82. The van der Waals surface area contributed by atoms with E-state index in [0.29, 0.717) is 16.7 Å². The van der Waals surface area contributed by atoms with Gasteiger partial charge in [-0.05, 0) is 29.8 Å². The first-order valence-corrected chi connectivity index (χ1v) is 5.68. The van der Waals surface area contributed by atoms with E-state index in [4.69, 9.17) is 5.11 Å². The fourth-order valence-electron chi connectivity index (χ4n) is 1.82. The predicted octanol–water partition coefficient (Wildman–Crippen LogP) is 2.68. The minimum absolute atomic E-state index is 0.219. The molecule has 0 unspecified atom stereocenters. The van der Waals surface area contributed by atoms with Gasteiger partial charge in [0.1, 0.15) is 5.82 Å². The molecule has 0 aliphatic carbocycles. The third-order valence-electron chi connectivity index (χ3n) is 2.71. The Morgan fingerprint density at radius 1 is 1.00 bits per heavy atom. The SMILES string of the molecule is O=C(O)Cc1ccccc1C(=O)c1ccc(F)cc1. The summed E-state index contributed by atoms with van der Waals surface area (Å²) in [4.78, 5) is 23.0. The summed E-state index contributed by atoms with van der Waals surface area (Å²) in [6, 6.07) is 11.7. The highest BCUT2D eigenvalue weighted by Gasteiger charge is 2.14. The fourth-order valence-corrected chi connectivity index (χ4v) is 1.82. The van der Waals surface area contributed by atoms with Crippen LogP contribution in [0.3, 0.4) is 0 Å². The van der Waals surface area contributed by atoms with Crippen molar-refractivity contribution in [2.45, 2.75) is 6.42 Å². The maximum Gasteiger partial charge on any atom is 0.307 e. The van der Waals surface area contributed by atoms with Crippen LogP contribution in [0.4, 0.5) is 4.39 Å². The average molecular weight is 258 g/mol. The lowest BCUT2D eigenvalue weighted by Gasteiger charge is -2.06. The van der Waals surface area contributed by atoms with Crippen LogP contribution in [0.5, 0.6) is 0 Å². The number of ketones is 1. The first-order valence-electron chi connectivity index (χ1n) is 5.68. The molecule has 0 fully saturated rings. The molecule has 19 heavy (non-hydrogen) atoms. The van der Waals surface area contributed by atoms with Gasteiger partial charge in [-0.25, -0.2) is 4.39 Å². The van der Waals surface area contributed by atoms with Crippen LogP contribution in [0.2, 0.25) is 0 Å². The second-order valence-electron chi connectivity index (χ2n) is 4.06. The Balaban J connectivity index is 2.38. The van der Waals surface area contributed by atoms with Crippen molar-refractivity contribution >= 4 is 11.8 Å². The van der Waals surface area contributed by atoms with E-state index in [2.05, 4.69) is 0 Å². The van der Waals surface area contributed by atoms with Gasteiger partial charge in [0, 0.05) is 11.1 Å². The highest BCUT2D eigenvalue weighted by molar-refractivity contribution is 6.10. The molecule has 3 nitrogen and oxygen atoms in total. The van der Waals surface area contributed by atoms with E-state index in [1.165, 1.54) is 24.3 Å². The molecule has 0 bridgehead atoms. The molecule has 2 aromatic rings. The van der Waals surface area contributed by atoms with Gasteiger partial charge in [-0.1, -0.05) is 24.3 Å². The van der Waals surface area contributed by atoms with E-state index >= 15 is 0 Å². The smallest absolute Gasteiger partial charge is 0.307 e. The molecule has 0 saturated carbocycles. The lowest BCUT2D eigenvalue weighted by molar-refractivity contribution is -0.136. The number of carbonyl (C=O) groups excluding carboxylic acids is 1. The number of halogens is 1. The summed E-state index contributed by atoms with van der Waals surface area (Å²) in [6.45, 7) is 0. The number of carboxylic acid groups (broad SMARTS) is 1. The number of aliphatic carboxylic acids is 1. The van der Waals surface area contributed by atoms with Gasteiger partial charge in [0.05, 0.1) is 6.42 Å². The Bertz CT molecular complexity index is 618. The molecule has 0 heterocycles. The van der Waals surface area contributed by atoms with E-state index in [1.54, 1.807) is 24.3 Å². The van der Waals surface area contributed by atoms with Crippen molar-refractivity contribution in [3.63, 3.8) is 0 Å². The van der Waals surface area contributed by atoms with Gasteiger partial charge in [-0.15, -0.1) is 0 Å². The van der Waals surface area contributed by atoms with Gasteiger partial charge in [-0.2, -0.15) is 0 Å². The van der Waals surface area contributed by atoms with Crippen molar-refractivity contribution < 1.29 is 19.1 Å². The Morgan fingerprint density at radius 2 is 1.63 bits per heavy atom. The van der Waals surface area contributed by atoms with E-state index < -0.39 is 11.8 Å². The maximum atomic E-state index is 12.8. The summed E-state index contributed by atoms with van der Waals surface area (Å²) in [7, 11) is 0. The highest BCUT2D eigenvalue weighted by Crippen LogP contribution is 2.15. The summed E-state index contributed by atoms with van der Waals surface area (Å²) in [5.74, 6) is -1.73. The first-order chi connectivity index (χ1) is 9.08. The van der Waals surface area contributed by atoms with Crippen LogP contribution in [0, 0.1) is 5.82 Å². The fraction of sp³-hybridized carbons (Fsp3) is 0.0667. The van der Waals surface area contributed by atoms with Crippen LogP contribution in [0.25, 0.3) is 0 Å². The van der Waals surface area contributed by atoms with Crippen LogP contribution >= 0.6 is 0 Å². The molecule has 4 heteroatoms. The van der Waals surface area contributed by atoms with E-state index in [9.17, 15) is 14.0 Å². The van der Waals surface area contributed by atoms with E-state index in [-0.39, 0.29) is 12.2 Å². The molecule has 1 N–H and O–H groups in total. The molecule has 2 aromatic carbocycles. The van der Waals surface area contributed by atoms with Crippen LogP contribution in [-0.2, 0) is 11.2 Å². The average Bonchev–Trinajstić information content (AvgIpc) is 2.39. The van der Waals surface area contributed by atoms with Crippen molar-refractivity contribution in [2.75, 3.05) is 0 Å². The molecular formula is C15H11FO3. The number of carbonyl (C=O) groups is 2. The monoisotopic (exact) mass is 258 g/mol. The summed E-state index contributed by atoms with van der Waals surface area (Å²) in [6.07, 6.45) is -0.219. The van der Waals surface area contributed by atoms with Gasteiger partial charge >= 0.3 is 5.97 Å². The lowest BCUT2D eigenvalue weighted by atomic mass is 9.97. The number of hydrogen-bond donors (Lipinski definition) is 1. The van der Waals surface area contributed by atoms with Crippen molar-refractivity contribution in [2.24, 2.45) is 0 Å². The number of benzene rings is 2. The number of carboxylic acids is 1. The second-order valence-corrected chi connectivity index (χ2v) is 4.06. The standard InChI is InChI=1S/C15H11FO3/c16-12-7-5-10(6-8-12)15(19)13-4-2-1-3-11(13)9-14(17)18/h1-8H,9H2,(H,17,18). The molecule has 2 rings (SSSR count). The largest absolute Gasteiger partial charge is 0.481 e. The molecule has 0 amide bonds. The molecule has 0 aliphatic rings. The number of hydrogen-bond acceptors (Lipinski definition) is 2. The molecule has 0 aliphatic heterocycles. The molecule has 0 radical (unpaired) electrons. The summed E-state index contributed by atoms with van der Waals surface area (Å²) >= 11 is 0. The van der Waals surface area contributed by atoms with Crippen LogP contribution < -0.4 is 0 Å². The van der Waals surface area contributed by atoms with Gasteiger partial charge in [0.2, 0.25) is 0 Å². The summed E-state index contributed by atoms with van der Waals surface area (Å²) in [5.41, 5.74) is 1.11. The quantitative estimate of drug-likeness (QED) is 0.858. The van der Waals surface area contributed by atoms with Crippen LogP contribution in [0.1, 0.15) is 21.5 Å². The predicted molar refractivity (Wildman–Crippen MR) is 67.6 cm³/mol. The van der Waals surface area contributed by atoms with E-state index in [1.807, 2.05) is 0 Å². The Morgan fingerprint density at radius 3 is 2.26 bits per heavy atom. The second kappa shape index (κ2) is 5.44. The van der Waals surface area contributed by atoms with E-state index in [0.717, 1.165) is 0 Å². The minimum Gasteiger partial charge on any atom is -0.481 e. The third kappa shape index (κ3) is 3.04. The molecule has 96 valence electrons. The van der Waals surface area contributed by atoms with Gasteiger partial charge in [0.25, 0.3) is 0 Å². The third-order valence-corrected chi connectivity index (χ3v) is 2.71. The Hall–Kier alpha value is -2.49. The zero-order valence-electron chi connectivity index (χ0n) is 9.97. The van der Waals surface area contributed by atoms with Gasteiger partial charge in [-0.3, -0.25) is 9.59 Å². The van der Waals surface area contributed by atoms with Crippen molar-refractivity contribution in [1.82, 2.24) is 0 Å². The van der Waals surface area contributed by atoms with Gasteiger partial charge in [0.15, 0.2) is 5.78 Å². The lowest BCUT2D eigenvalue weighted by Crippen LogP contribution is -2.09. The van der Waals surface area contributed by atoms with Crippen molar-refractivity contribution in [1.29, 1.82) is 0 Å². The minimum atomic E-state index is -1.00. The van der Waals surface area contributed by atoms with Crippen LogP contribution in [-0.4, -0.2) is 16.9 Å². The molecule has 0 spiro atoms. The topological polar surface area (TPSA) is 54.4 Å². The van der Waals surface area contributed by atoms with Crippen molar-refractivity contribution in [3.05, 3.63) is 71.0 Å². The molecule has 0 atom stereocenters. The van der Waals surface area contributed by atoms with Gasteiger partial charge < -0.3 is 5.11 Å². The maximum absolute atomic E-state index is 12.8. The zero-order chi connectivity index (χ0) is 13.8. The summed E-state index contributed by atoms with van der Waals surface area (Å²) < 4.78 is 12.8. The first kappa shape index (κ1) is 13.0. The molecule has 0 saturated heterocycles. The normalized spacial score (nSPS) is 10.2. The molecule has 0 aromatic heterocycles. The highest BCUT2D eigenvalue weighted by atomic mass is 19.1. The number of rotatable bonds is 4.